The molecule has 7 nitrogen and oxygen atoms in total. The zero-order valence-corrected chi connectivity index (χ0v) is 15.4. The molecule has 0 radical (unpaired) electrons. The molecule has 1 amide bonds. The van der Waals surface area contributed by atoms with Gasteiger partial charge in [0.1, 0.15) is 0 Å². The predicted octanol–water partition coefficient (Wildman–Crippen LogP) is 2.89. The first-order chi connectivity index (χ1) is 13.4. The van der Waals surface area contributed by atoms with Gasteiger partial charge in [0.25, 0.3) is 5.91 Å². The average molecular weight is 379 g/mol. The van der Waals surface area contributed by atoms with Crippen LogP contribution in [0.15, 0.2) is 60.7 Å². The Kier molecular flexibility index (Phi) is 5.74. The van der Waals surface area contributed by atoms with Crippen LogP contribution in [0.2, 0.25) is 0 Å². The summed E-state index contributed by atoms with van der Waals surface area (Å²) in [5.74, 6) is -1.71. The van der Waals surface area contributed by atoms with Gasteiger partial charge >= 0.3 is 5.97 Å². The van der Waals surface area contributed by atoms with Gasteiger partial charge in [-0.25, -0.2) is 4.68 Å². The zero-order valence-electron chi connectivity index (χ0n) is 15.4. The van der Waals surface area contributed by atoms with Gasteiger partial charge in [-0.2, -0.15) is 5.10 Å². The van der Waals surface area contributed by atoms with Crippen LogP contribution < -0.4 is 5.32 Å². The zero-order chi connectivity index (χ0) is 20.1. The Morgan fingerprint density at radius 3 is 2.46 bits per heavy atom. The molecular weight excluding hydrogens is 358 g/mol. The number of carboxylic acid groups (broad SMARTS) is 1. The summed E-state index contributed by atoms with van der Waals surface area (Å²) in [5.41, 5.74) is 2.56. The Hall–Kier alpha value is -3.61. The van der Waals surface area contributed by atoms with E-state index in [0.29, 0.717) is 6.54 Å². The van der Waals surface area contributed by atoms with Gasteiger partial charge in [0, 0.05) is 6.07 Å². The Bertz CT molecular complexity index is 982. The maximum absolute atomic E-state index is 12.6. The molecule has 1 atom stereocenters. The van der Waals surface area contributed by atoms with Crippen molar-refractivity contribution in [1.29, 1.82) is 0 Å². The van der Waals surface area contributed by atoms with Crippen molar-refractivity contribution in [2.45, 2.75) is 25.9 Å². The van der Waals surface area contributed by atoms with E-state index in [4.69, 9.17) is 0 Å². The van der Waals surface area contributed by atoms with Gasteiger partial charge < -0.3 is 15.5 Å². The summed E-state index contributed by atoms with van der Waals surface area (Å²) in [7, 11) is 0. The minimum Gasteiger partial charge on any atom is -0.493 e. The van der Waals surface area contributed by atoms with E-state index >= 15 is 0 Å². The summed E-state index contributed by atoms with van der Waals surface area (Å²) in [6, 6.07) is 17.3. The van der Waals surface area contributed by atoms with Crippen LogP contribution >= 0.6 is 0 Å². The molecule has 1 heterocycles. The lowest BCUT2D eigenvalue weighted by molar-refractivity contribution is -0.137. The first-order valence-electron chi connectivity index (χ1n) is 8.83. The van der Waals surface area contributed by atoms with E-state index in [1.165, 1.54) is 10.7 Å². The molecule has 0 fully saturated rings. The van der Waals surface area contributed by atoms with E-state index in [1.54, 1.807) is 12.1 Å². The van der Waals surface area contributed by atoms with Crippen LogP contribution in [0.5, 0.6) is 5.88 Å². The summed E-state index contributed by atoms with van der Waals surface area (Å²) in [6.45, 7) is 2.17. The number of benzene rings is 2. The summed E-state index contributed by atoms with van der Waals surface area (Å²) in [5, 5.41) is 26.2. The quantitative estimate of drug-likeness (QED) is 0.585. The van der Waals surface area contributed by atoms with Crippen LogP contribution in [0.1, 0.15) is 39.6 Å². The number of hydrogen-bond acceptors (Lipinski definition) is 4. The highest BCUT2D eigenvalue weighted by Crippen LogP contribution is 2.22. The topological polar surface area (TPSA) is 104 Å². The fourth-order valence-electron chi connectivity index (χ4n) is 3.01. The van der Waals surface area contributed by atoms with E-state index in [-0.39, 0.29) is 18.0 Å². The lowest BCUT2D eigenvalue weighted by Crippen LogP contribution is -2.31. The third kappa shape index (κ3) is 4.56. The summed E-state index contributed by atoms with van der Waals surface area (Å²) >= 11 is 0. The number of carbonyl (C=O) groups is 2. The predicted molar refractivity (Wildman–Crippen MR) is 103 cm³/mol. The minimum atomic E-state index is -1.02. The molecule has 3 aromatic rings. The molecular formula is C21H21N3O4. The lowest BCUT2D eigenvalue weighted by Gasteiger charge is -2.18. The van der Waals surface area contributed by atoms with Gasteiger partial charge in [0.05, 0.1) is 19.0 Å². The second kappa shape index (κ2) is 8.39. The Labute approximate surface area is 162 Å². The number of rotatable bonds is 7. The van der Waals surface area contributed by atoms with Gasteiger partial charge in [-0.05, 0) is 23.6 Å². The molecule has 144 valence electrons. The molecule has 0 saturated carbocycles. The fraction of sp³-hybridized carbons (Fsp3) is 0.190. The van der Waals surface area contributed by atoms with Crippen LogP contribution in [0.25, 0.3) is 0 Å². The summed E-state index contributed by atoms with van der Waals surface area (Å²) in [6.07, 6.45) is -0.257. The van der Waals surface area contributed by atoms with Crippen molar-refractivity contribution >= 4 is 11.9 Å². The summed E-state index contributed by atoms with van der Waals surface area (Å²) in [4.78, 5) is 23.9. The highest BCUT2D eigenvalue weighted by atomic mass is 16.4. The van der Waals surface area contributed by atoms with Crippen molar-refractivity contribution in [3.63, 3.8) is 0 Å². The van der Waals surface area contributed by atoms with Crippen LogP contribution in [0, 0.1) is 6.92 Å². The Morgan fingerprint density at radius 1 is 1.11 bits per heavy atom. The van der Waals surface area contributed by atoms with Crippen LogP contribution in [-0.4, -0.2) is 31.9 Å². The van der Waals surface area contributed by atoms with Crippen LogP contribution in [0.3, 0.4) is 0 Å². The van der Waals surface area contributed by atoms with E-state index in [0.717, 1.165) is 16.7 Å². The number of amides is 1. The maximum atomic E-state index is 12.6. The Balaban J connectivity index is 1.79. The van der Waals surface area contributed by atoms with Crippen molar-refractivity contribution in [2.24, 2.45) is 0 Å². The number of aryl methyl sites for hydroxylation is 1. The fourth-order valence-corrected chi connectivity index (χ4v) is 3.01. The SMILES string of the molecule is Cc1ccccc1[C@H](CC(=O)O)NC(=O)c1cc(O)n(Cc2ccccc2)n1. The molecule has 3 N–H and O–H groups in total. The van der Waals surface area contributed by atoms with Crippen LogP contribution in [-0.2, 0) is 11.3 Å². The molecule has 0 aliphatic carbocycles. The molecule has 28 heavy (non-hydrogen) atoms. The number of hydrogen-bond donors (Lipinski definition) is 3. The van der Waals surface area contributed by atoms with Gasteiger partial charge in [-0.3, -0.25) is 9.59 Å². The molecule has 0 unspecified atom stereocenters. The number of carboxylic acids is 1. The Morgan fingerprint density at radius 2 is 1.79 bits per heavy atom. The second-order valence-corrected chi connectivity index (χ2v) is 6.51. The largest absolute Gasteiger partial charge is 0.493 e. The van der Waals surface area contributed by atoms with Gasteiger partial charge in [-0.15, -0.1) is 0 Å². The molecule has 1 aromatic heterocycles. The first-order valence-corrected chi connectivity index (χ1v) is 8.83. The molecule has 3 rings (SSSR count). The second-order valence-electron chi connectivity index (χ2n) is 6.51. The van der Waals surface area contributed by atoms with Crippen molar-refractivity contribution in [2.75, 3.05) is 0 Å². The molecule has 0 aliphatic rings. The van der Waals surface area contributed by atoms with E-state index in [1.807, 2.05) is 49.4 Å². The van der Waals surface area contributed by atoms with E-state index < -0.39 is 17.9 Å². The standard InChI is InChI=1S/C21H21N3O4/c1-14-7-5-6-10-16(14)17(12-20(26)27)22-21(28)18-11-19(25)24(23-18)13-15-8-3-2-4-9-15/h2-11,17,25H,12-13H2,1H3,(H,22,28)(H,26,27)/t17-/m0/s1. The molecule has 7 heteroatoms. The number of nitrogens with one attached hydrogen (secondary N) is 1. The lowest BCUT2D eigenvalue weighted by atomic mass is 9.98. The number of aromatic nitrogens is 2. The van der Waals surface area contributed by atoms with Gasteiger partial charge in [0.15, 0.2) is 5.69 Å². The van der Waals surface area contributed by atoms with Crippen molar-refractivity contribution in [3.05, 3.63) is 83.0 Å². The smallest absolute Gasteiger partial charge is 0.305 e. The summed E-state index contributed by atoms with van der Waals surface area (Å²) < 4.78 is 1.32. The van der Waals surface area contributed by atoms with Gasteiger partial charge in [0.2, 0.25) is 5.88 Å². The van der Waals surface area contributed by atoms with Crippen molar-refractivity contribution in [3.8, 4) is 5.88 Å². The number of carbonyl (C=O) groups excluding carboxylic acids is 1. The van der Waals surface area contributed by atoms with Gasteiger partial charge in [-0.1, -0.05) is 54.6 Å². The highest BCUT2D eigenvalue weighted by molar-refractivity contribution is 5.93. The first kappa shape index (κ1) is 19.2. The molecule has 0 spiro atoms. The third-order valence-electron chi connectivity index (χ3n) is 4.41. The molecule has 0 aliphatic heterocycles. The molecule has 0 saturated heterocycles. The van der Waals surface area contributed by atoms with E-state index in [2.05, 4.69) is 10.4 Å². The highest BCUT2D eigenvalue weighted by Gasteiger charge is 2.22. The minimum absolute atomic E-state index is 0.0254. The maximum Gasteiger partial charge on any atom is 0.305 e. The van der Waals surface area contributed by atoms with Crippen molar-refractivity contribution < 1.29 is 19.8 Å². The number of nitrogens with zero attached hydrogens (tertiary/aromatic N) is 2. The number of aliphatic carboxylic acids is 1. The van der Waals surface area contributed by atoms with Crippen molar-refractivity contribution in [1.82, 2.24) is 15.1 Å². The third-order valence-corrected chi connectivity index (χ3v) is 4.41. The number of aromatic hydroxyl groups is 1. The average Bonchev–Trinajstić information content (AvgIpc) is 3.03. The normalized spacial score (nSPS) is 11.8. The molecule has 0 bridgehead atoms. The monoisotopic (exact) mass is 379 g/mol. The van der Waals surface area contributed by atoms with Crippen LogP contribution in [0.4, 0.5) is 0 Å². The molecule has 2 aromatic carbocycles. The van der Waals surface area contributed by atoms with E-state index in [9.17, 15) is 19.8 Å².